The van der Waals surface area contributed by atoms with Crippen molar-refractivity contribution in [1.82, 2.24) is 4.98 Å². The molecule has 0 amide bonds. The van der Waals surface area contributed by atoms with Gasteiger partial charge in [0, 0.05) is 27.7 Å². The fourth-order valence-electron chi connectivity index (χ4n) is 1.43. The molecule has 2 heterocycles. The average molecular weight is 233 g/mol. The molecule has 2 rings (SSSR count). The first-order valence-corrected chi connectivity index (χ1v) is 6.12. The molecule has 3 nitrogen and oxygen atoms in total. The second-order valence-corrected chi connectivity index (χ2v) is 4.80. The zero-order valence-electron chi connectivity index (χ0n) is 9.23. The maximum absolute atomic E-state index is 5.68. The van der Waals surface area contributed by atoms with Gasteiger partial charge in [-0.3, -0.25) is 0 Å². The molecule has 0 aliphatic rings. The first-order chi connectivity index (χ1) is 7.78. The fourth-order valence-corrected chi connectivity index (χ4v) is 2.33. The normalized spacial score (nSPS) is 10.3. The Labute approximate surface area is 99.3 Å². The van der Waals surface area contributed by atoms with Crippen LogP contribution in [0, 0.1) is 0 Å². The first kappa shape index (κ1) is 11.0. The van der Waals surface area contributed by atoms with Crippen LogP contribution in [0.2, 0.25) is 0 Å². The van der Waals surface area contributed by atoms with Gasteiger partial charge in [-0.1, -0.05) is 6.92 Å². The number of anilines is 2. The topological polar surface area (TPSA) is 50.9 Å². The largest absolute Gasteiger partial charge is 0.399 e. The van der Waals surface area contributed by atoms with Crippen molar-refractivity contribution < 1.29 is 0 Å². The van der Waals surface area contributed by atoms with Gasteiger partial charge in [0.2, 0.25) is 0 Å². The molecule has 0 atom stereocenters. The van der Waals surface area contributed by atoms with Crippen molar-refractivity contribution in [2.45, 2.75) is 19.9 Å². The molecule has 0 fully saturated rings. The Balaban J connectivity index is 1.96. The number of hydrogen-bond acceptors (Lipinski definition) is 4. The molecule has 2 aromatic rings. The van der Waals surface area contributed by atoms with Crippen molar-refractivity contribution in [3.8, 4) is 0 Å². The van der Waals surface area contributed by atoms with Crippen molar-refractivity contribution >= 4 is 22.8 Å². The summed E-state index contributed by atoms with van der Waals surface area (Å²) in [6, 6.07) is 7.96. The number of aryl methyl sites for hydroxylation is 1. The van der Waals surface area contributed by atoms with Crippen LogP contribution in [-0.2, 0) is 13.0 Å². The lowest BCUT2D eigenvalue weighted by Crippen LogP contribution is -2.00. The number of nitrogen functional groups attached to an aromatic ring is 1. The van der Waals surface area contributed by atoms with E-state index in [0.717, 1.165) is 24.5 Å². The second-order valence-electron chi connectivity index (χ2n) is 3.55. The van der Waals surface area contributed by atoms with E-state index in [4.69, 9.17) is 5.73 Å². The highest BCUT2D eigenvalue weighted by atomic mass is 32.1. The van der Waals surface area contributed by atoms with E-state index in [-0.39, 0.29) is 0 Å². The molecule has 4 heteroatoms. The first-order valence-electron chi connectivity index (χ1n) is 5.31. The Hall–Kier alpha value is -1.55. The smallest absolute Gasteiger partial charge is 0.128 e. The van der Waals surface area contributed by atoms with Gasteiger partial charge in [0.25, 0.3) is 0 Å². The van der Waals surface area contributed by atoms with Crippen LogP contribution in [0.3, 0.4) is 0 Å². The number of nitrogens with zero attached hydrogens (tertiary/aromatic N) is 1. The summed E-state index contributed by atoms with van der Waals surface area (Å²) in [6.07, 6.45) is 2.81. The molecule has 0 spiro atoms. The van der Waals surface area contributed by atoms with Crippen molar-refractivity contribution in [1.29, 1.82) is 0 Å². The van der Waals surface area contributed by atoms with Crippen LogP contribution in [0.4, 0.5) is 11.5 Å². The van der Waals surface area contributed by atoms with Gasteiger partial charge in [-0.25, -0.2) is 4.98 Å². The van der Waals surface area contributed by atoms with Crippen LogP contribution >= 0.6 is 11.3 Å². The van der Waals surface area contributed by atoms with Crippen molar-refractivity contribution in [3.05, 3.63) is 40.2 Å². The third-order valence-corrected chi connectivity index (χ3v) is 3.52. The molecule has 84 valence electrons. The minimum atomic E-state index is 0.734. The maximum atomic E-state index is 5.68. The number of pyridine rings is 1. The third-order valence-electron chi connectivity index (χ3n) is 2.29. The van der Waals surface area contributed by atoms with E-state index >= 15 is 0 Å². The highest BCUT2D eigenvalue weighted by Crippen LogP contribution is 2.18. The predicted octanol–water partition coefficient (Wildman–Crippen LogP) is 2.90. The van der Waals surface area contributed by atoms with Gasteiger partial charge in [-0.15, -0.1) is 11.3 Å². The van der Waals surface area contributed by atoms with E-state index in [1.807, 2.05) is 17.4 Å². The van der Waals surface area contributed by atoms with Crippen molar-refractivity contribution in [2.75, 3.05) is 11.1 Å². The van der Waals surface area contributed by atoms with E-state index in [1.165, 1.54) is 9.75 Å². The molecule has 0 aromatic carbocycles. The minimum absolute atomic E-state index is 0.734. The van der Waals surface area contributed by atoms with E-state index in [9.17, 15) is 0 Å². The molecule has 16 heavy (non-hydrogen) atoms. The Kier molecular flexibility index (Phi) is 3.41. The van der Waals surface area contributed by atoms with Gasteiger partial charge in [0.1, 0.15) is 5.82 Å². The molecule has 0 unspecified atom stereocenters. The second kappa shape index (κ2) is 4.99. The number of hydrogen-bond donors (Lipinski definition) is 2. The molecular weight excluding hydrogens is 218 g/mol. The van der Waals surface area contributed by atoms with Gasteiger partial charge in [-0.05, 0) is 24.6 Å². The summed E-state index contributed by atoms with van der Waals surface area (Å²) in [4.78, 5) is 6.93. The Morgan fingerprint density at radius 3 is 2.81 bits per heavy atom. The van der Waals surface area contributed by atoms with Crippen LogP contribution in [-0.4, -0.2) is 4.98 Å². The highest BCUT2D eigenvalue weighted by molar-refractivity contribution is 7.12. The van der Waals surface area contributed by atoms with Crippen molar-refractivity contribution in [2.24, 2.45) is 0 Å². The molecule has 0 saturated carbocycles. The highest BCUT2D eigenvalue weighted by Gasteiger charge is 1.99. The molecule has 0 bridgehead atoms. The third kappa shape index (κ3) is 2.73. The van der Waals surface area contributed by atoms with Gasteiger partial charge in [0.15, 0.2) is 0 Å². The molecule has 0 saturated heterocycles. The van der Waals surface area contributed by atoms with Crippen LogP contribution < -0.4 is 11.1 Å². The number of nitrogens with two attached hydrogens (primary N) is 1. The SMILES string of the molecule is CCc1ccc(CNc2cc(N)ccn2)s1. The lowest BCUT2D eigenvalue weighted by Gasteiger charge is -2.03. The van der Waals surface area contributed by atoms with E-state index in [1.54, 1.807) is 12.3 Å². The quantitative estimate of drug-likeness (QED) is 0.853. The summed E-state index contributed by atoms with van der Waals surface area (Å²) in [6.45, 7) is 2.98. The zero-order chi connectivity index (χ0) is 11.4. The Morgan fingerprint density at radius 2 is 2.12 bits per heavy atom. The molecular formula is C12H15N3S. The number of thiophene rings is 1. The fraction of sp³-hybridized carbons (Fsp3) is 0.250. The standard InChI is InChI=1S/C12H15N3S/c1-2-10-3-4-11(16-10)8-15-12-7-9(13)5-6-14-12/h3-7H,2,8H2,1H3,(H3,13,14,15). The Bertz CT molecular complexity index is 465. The van der Waals surface area contributed by atoms with Crippen LogP contribution in [0.25, 0.3) is 0 Å². The van der Waals surface area contributed by atoms with E-state index < -0.39 is 0 Å². The average Bonchev–Trinajstić information content (AvgIpc) is 2.74. The lowest BCUT2D eigenvalue weighted by molar-refractivity contribution is 1.14. The summed E-state index contributed by atoms with van der Waals surface area (Å²) in [7, 11) is 0. The van der Waals surface area contributed by atoms with E-state index in [0.29, 0.717) is 0 Å². The summed E-state index contributed by atoms with van der Waals surface area (Å²) in [5, 5.41) is 3.26. The van der Waals surface area contributed by atoms with Gasteiger partial charge >= 0.3 is 0 Å². The van der Waals surface area contributed by atoms with E-state index in [2.05, 4.69) is 29.4 Å². The molecule has 0 aliphatic carbocycles. The van der Waals surface area contributed by atoms with Gasteiger partial charge < -0.3 is 11.1 Å². The minimum Gasteiger partial charge on any atom is -0.399 e. The monoisotopic (exact) mass is 233 g/mol. The molecule has 3 N–H and O–H groups in total. The Morgan fingerprint density at radius 1 is 1.31 bits per heavy atom. The summed E-state index contributed by atoms with van der Waals surface area (Å²) in [5.41, 5.74) is 6.41. The molecule has 0 radical (unpaired) electrons. The molecule has 0 aliphatic heterocycles. The number of aromatic nitrogens is 1. The lowest BCUT2D eigenvalue weighted by atomic mass is 10.3. The number of rotatable bonds is 4. The van der Waals surface area contributed by atoms with Crippen LogP contribution in [0.1, 0.15) is 16.7 Å². The zero-order valence-corrected chi connectivity index (χ0v) is 10.1. The summed E-state index contributed by atoms with van der Waals surface area (Å²) >= 11 is 1.83. The summed E-state index contributed by atoms with van der Waals surface area (Å²) < 4.78 is 0. The predicted molar refractivity (Wildman–Crippen MR) is 69.7 cm³/mol. The van der Waals surface area contributed by atoms with Crippen LogP contribution in [0.15, 0.2) is 30.5 Å². The maximum Gasteiger partial charge on any atom is 0.128 e. The summed E-state index contributed by atoms with van der Waals surface area (Å²) in [5.74, 6) is 0.825. The number of nitrogens with one attached hydrogen (secondary N) is 1. The van der Waals surface area contributed by atoms with Crippen LogP contribution in [0.5, 0.6) is 0 Å². The van der Waals surface area contributed by atoms with Crippen molar-refractivity contribution in [3.63, 3.8) is 0 Å². The van der Waals surface area contributed by atoms with Gasteiger partial charge in [-0.2, -0.15) is 0 Å². The molecule has 2 aromatic heterocycles. The van der Waals surface area contributed by atoms with Gasteiger partial charge in [0.05, 0.1) is 6.54 Å².